The third-order valence-corrected chi connectivity index (χ3v) is 4.80. The Morgan fingerprint density at radius 2 is 1.70 bits per heavy atom. The van der Waals surface area contributed by atoms with Crippen molar-refractivity contribution in [2.75, 3.05) is 6.54 Å². The van der Waals surface area contributed by atoms with Crippen molar-refractivity contribution in [3.05, 3.63) is 34.4 Å². The van der Waals surface area contributed by atoms with Crippen molar-refractivity contribution in [3.63, 3.8) is 0 Å². The van der Waals surface area contributed by atoms with Crippen molar-refractivity contribution in [3.8, 4) is 0 Å². The first-order valence-electron chi connectivity index (χ1n) is 7.13. The maximum absolute atomic E-state index is 12.6. The average molecular weight is 273 g/mol. The summed E-state index contributed by atoms with van der Waals surface area (Å²) < 4.78 is 0. The third kappa shape index (κ3) is 2.15. The predicted molar refractivity (Wildman–Crippen MR) is 79.9 cm³/mol. The van der Waals surface area contributed by atoms with Crippen molar-refractivity contribution >= 4 is 11.8 Å². The van der Waals surface area contributed by atoms with E-state index in [1.54, 1.807) is 6.07 Å². The van der Waals surface area contributed by atoms with Crippen LogP contribution >= 0.6 is 0 Å². The number of fused-ring (bicyclic) bond motifs is 1. The standard InChI is InChI=1S/C17H23NO2/c1-10(2)17(5,6)9-18-15(19)13-8-7-11(3)12(4)14(13)16(18)20/h7-8,10H,9H2,1-6H3. The van der Waals surface area contributed by atoms with Gasteiger partial charge in [0.25, 0.3) is 11.8 Å². The smallest absolute Gasteiger partial charge is 0.261 e. The van der Waals surface area contributed by atoms with Crippen LogP contribution in [0.1, 0.15) is 59.5 Å². The lowest BCUT2D eigenvalue weighted by Gasteiger charge is -2.32. The molecule has 0 radical (unpaired) electrons. The lowest BCUT2D eigenvalue weighted by molar-refractivity contribution is 0.0553. The van der Waals surface area contributed by atoms with Crippen LogP contribution in [0.5, 0.6) is 0 Å². The fraction of sp³-hybridized carbons (Fsp3) is 0.529. The van der Waals surface area contributed by atoms with Crippen LogP contribution in [0.15, 0.2) is 12.1 Å². The van der Waals surface area contributed by atoms with E-state index in [1.807, 2.05) is 19.9 Å². The molecule has 0 aliphatic carbocycles. The lowest BCUT2D eigenvalue weighted by atomic mass is 9.81. The zero-order valence-corrected chi connectivity index (χ0v) is 13.2. The van der Waals surface area contributed by atoms with Crippen LogP contribution in [-0.2, 0) is 0 Å². The van der Waals surface area contributed by atoms with Gasteiger partial charge in [-0.2, -0.15) is 0 Å². The molecule has 1 aromatic rings. The molecule has 0 aromatic heterocycles. The van der Waals surface area contributed by atoms with Crippen molar-refractivity contribution in [1.82, 2.24) is 4.90 Å². The highest BCUT2D eigenvalue weighted by atomic mass is 16.2. The van der Waals surface area contributed by atoms with Gasteiger partial charge in [-0.25, -0.2) is 0 Å². The molecule has 0 saturated carbocycles. The number of benzene rings is 1. The topological polar surface area (TPSA) is 37.4 Å². The molecule has 0 saturated heterocycles. The van der Waals surface area contributed by atoms with Crippen LogP contribution in [-0.4, -0.2) is 23.3 Å². The molecule has 3 heteroatoms. The number of imide groups is 1. The van der Waals surface area contributed by atoms with Crippen LogP contribution in [0.2, 0.25) is 0 Å². The number of nitrogens with zero attached hydrogens (tertiary/aromatic N) is 1. The molecule has 0 unspecified atom stereocenters. The van der Waals surface area contributed by atoms with E-state index in [0.29, 0.717) is 23.6 Å². The third-order valence-electron chi connectivity index (χ3n) is 4.80. The molecule has 0 fully saturated rings. The Labute approximate surface area is 121 Å². The highest BCUT2D eigenvalue weighted by molar-refractivity contribution is 6.22. The average Bonchev–Trinajstić information content (AvgIpc) is 2.58. The summed E-state index contributed by atoms with van der Waals surface area (Å²) in [6, 6.07) is 3.69. The highest BCUT2D eigenvalue weighted by Crippen LogP contribution is 2.33. The van der Waals surface area contributed by atoms with E-state index in [1.165, 1.54) is 4.90 Å². The number of hydrogen-bond donors (Lipinski definition) is 0. The van der Waals surface area contributed by atoms with E-state index >= 15 is 0 Å². The first-order valence-corrected chi connectivity index (χ1v) is 7.13. The van der Waals surface area contributed by atoms with Gasteiger partial charge in [-0.3, -0.25) is 14.5 Å². The summed E-state index contributed by atoms with van der Waals surface area (Å²) in [6.45, 7) is 12.8. The quantitative estimate of drug-likeness (QED) is 0.789. The van der Waals surface area contributed by atoms with E-state index in [-0.39, 0.29) is 17.2 Å². The van der Waals surface area contributed by atoms with Gasteiger partial charge in [0.05, 0.1) is 11.1 Å². The van der Waals surface area contributed by atoms with Gasteiger partial charge in [-0.1, -0.05) is 33.8 Å². The molecule has 108 valence electrons. The number of hydrogen-bond acceptors (Lipinski definition) is 2. The van der Waals surface area contributed by atoms with Crippen LogP contribution < -0.4 is 0 Å². The molecule has 0 bridgehead atoms. The molecule has 1 aliphatic heterocycles. The highest BCUT2D eigenvalue weighted by Gasteiger charge is 2.40. The van der Waals surface area contributed by atoms with E-state index in [2.05, 4.69) is 27.7 Å². The van der Waals surface area contributed by atoms with Gasteiger partial charge < -0.3 is 0 Å². The zero-order chi connectivity index (χ0) is 15.2. The van der Waals surface area contributed by atoms with Gasteiger partial charge in [0.15, 0.2) is 0 Å². The molecule has 0 atom stereocenters. The summed E-state index contributed by atoms with van der Waals surface area (Å²) in [5, 5.41) is 0. The molecule has 1 aromatic carbocycles. The van der Waals surface area contributed by atoms with Crippen molar-refractivity contribution in [2.24, 2.45) is 11.3 Å². The number of aryl methyl sites for hydroxylation is 1. The summed E-state index contributed by atoms with van der Waals surface area (Å²) in [4.78, 5) is 26.5. The minimum absolute atomic E-state index is 0.0870. The zero-order valence-electron chi connectivity index (χ0n) is 13.2. The van der Waals surface area contributed by atoms with Crippen molar-refractivity contribution in [1.29, 1.82) is 0 Å². The lowest BCUT2D eigenvalue weighted by Crippen LogP contribution is -2.40. The van der Waals surface area contributed by atoms with Gasteiger partial charge >= 0.3 is 0 Å². The SMILES string of the molecule is Cc1ccc2c(c1C)C(=O)N(CC(C)(C)C(C)C)C2=O. The van der Waals surface area contributed by atoms with E-state index < -0.39 is 0 Å². The molecule has 3 nitrogen and oxygen atoms in total. The number of amides is 2. The molecule has 1 aliphatic rings. The van der Waals surface area contributed by atoms with Gasteiger partial charge in [0.2, 0.25) is 0 Å². The summed E-state index contributed by atoms with van der Waals surface area (Å²) >= 11 is 0. The molecule has 1 heterocycles. The second-order valence-electron chi connectivity index (χ2n) is 6.77. The normalized spacial score (nSPS) is 15.2. The van der Waals surface area contributed by atoms with E-state index in [4.69, 9.17) is 0 Å². The minimum Gasteiger partial charge on any atom is -0.274 e. The van der Waals surface area contributed by atoms with Crippen LogP contribution in [0.25, 0.3) is 0 Å². The Hall–Kier alpha value is -1.64. The fourth-order valence-electron chi connectivity index (χ4n) is 2.38. The maximum Gasteiger partial charge on any atom is 0.261 e. The van der Waals surface area contributed by atoms with Gasteiger partial charge in [0.1, 0.15) is 0 Å². The first kappa shape index (κ1) is 14.8. The summed E-state index contributed by atoms with van der Waals surface area (Å²) in [7, 11) is 0. The van der Waals surface area contributed by atoms with Crippen LogP contribution in [0, 0.1) is 25.2 Å². The Bertz CT molecular complexity index is 585. The largest absolute Gasteiger partial charge is 0.274 e. The van der Waals surface area contributed by atoms with Crippen LogP contribution in [0.3, 0.4) is 0 Å². The molecule has 0 spiro atoms. The molecule has 20 heavy (non-hydrogen) atoms. The number of carbonyl (C=O) groups is 2. The second-order valence-corrected chi connectivity index (χ2v) is 6.77. The second kappa shape index (κ2) is 4.72. The summed E-state index contributed by atoms with van der Waals surface area (Å²) in [6.07, 6.45) is 0. The molecule has 2 rings (SSSR count). The van der Waals surface area contributed by atoms with E-state index in [9.17, 15) is 9.59 Å². The van der Waals surface area contributed by atoms with E-state index in [0.717, 1.165) is 11.1 Å². The van der Waals surface area contributed by atoms with Crippen LogP contribution in [0.4, 0.5) is 0 Å². The van der Waals surface area contributed by atoms with Crippen molar-refractivity contribution < 1.29 is 9.59 Å². The monoisotopic (exact) mass is 273 g/mol. The summed E-state index contributed by atoms with van der Waals surface area (Å²) in [5.74, 6) is 0.108. The first-order chi connectivity index (χ1) is 9.16. The van der Waals surface area contributed by atoms with Gasteiger partial charge in [-0.05, 0) is 42.4 Å². The maximum atomic E-state index is 12.6. The Morgan fingerprint density at radius 3 is 2.25 bits per heavy atom. The predicted octanol–water partition coefficient (Wildman–Crippen LogP) is 3.58. The fourth-order valence-corrected chi connectivity index (χ4v) is 2.38. The molecule has 0 N–H and O–H groups in total. The molecular weight excluding hydrogens is 250 g/mol. The Morgan fingerprint density at radius 1 is 1.10 bits per heavy atom. The minimum atomic E-state index is -0.151. The molecular formula is C17H23NO2. The number of rotatable bonds is 3. The van der Waals surface area contributed by atoms with Crippen molar-refractivity contribution in [2.45, 2.75) is 41.5 Å². The Balaban J connectivity index is 2.41. The number of carbonyl (C=O) groups excluding carboxylic acids is 2. The summed E-state index contributed by atoms with van der Waals surface area (Å²) in [5.41, 5.74) is 3.03. The van der Waals surface area contributed by atoms with Gasteiger partial charge in [-0.15, -0.1) is 0 Å². The van der Waals surface area contributed by atoms with Gasteiger partial charge in [0, 0.05) is 6.54 Å². The Kier molecular flexibility index (Phi) is 3.49. The molecule has 2 amide bonds.